The second-order valence-corrected chi connectivity index (χ2v) is 8.90. The lowest BCUT2D eigenvalue weighted by molar-refractivity contribution is -0.145. The molecule has 1 saturated carbocycles. The van der Waals surface area contributed by atoms with Gasteiger partial charge in [-0.1, -0.05) is 78.9 Å². The minimum atomic E-state index is -1.08. The summed E-state index contributed by atoms with van der Waals surface area (Å²) in [6, 6.07) is 23.8. The Hall–Kier alpha value is -4.13. The molecule has 0 aliphatic heterocycles. The second kappa shape index (κ2) is 9.62. The number of nitrogens with one attached hydrogen (secondary N) is 1. The summed E-state index contributed by atoms with van der Waals surface area (Å²) in [5.41, 5.74) is 5.02. The minimum absolute atomic E-state index is 0.103. The predicted octanol–water partition coefficient (Wildman–Crippen LogP) is 4.34. The van der Waals surface area contributed by atoms with Crippen LogP contribution in [0.5, 0.6) is 0 Å². The fourth-order valence-electron chi connectivity index (χ4n) is 4.78. The number of carboxylic acids is 1. The molecule has 0 unspecified atom stereocenters. The summed E-state index contributed by atoms with van der Waals surface area (Å²) in [4.78, 5) is 39.0. The van der Waals surface area contributed by atoms with Gasteiger partial charge in [0.25, 0.3) is 5.91 Å². The highest BCUT2D eigenvalue weighted by molar-refractivity contribution is 5.89. The number of rotatable bonds is 8. The van der Waals surface area contributed by atoms with Gasteiger partial charge in [-0.05, 0) is 40.7 Å². The van der Waals surface area contributed by atoms with E-state index in [9.17, 15) is 19.5 Å². The average molecular weight is 471 g/mol. The van der Waals surface area contributed by atoms with Gasteiger partial charge in [0.05, 0.1) is 0 Å². The van der Waals surface area contributed by atoms with Gasteiger partial charge in [-0.25, -0.2) is 4.79 Å². The van der Waals surface area contributed by atoms with Gasteiger partial charge in [0.2, 0.25) is 0 Å². The Bertz CT molecular complexity index is 1210. The lowest BCUT2D eigenvalue weighted by Crippen LogP contribution is -2.46. The molecule has 1 atom stereocenters. The van der Waals surface area contributed by atoms with Gasteiger partial charge in [-0.15, -0.1) is 0 Å². The SMILES string of the molecule is O=C(O)CN(C(=O)[C@@H](NC(=O)OCC1c2ccccc2-c2ccccc21)c1ccccc1)C1CC1. The fourth-order valence-corrected chi connectivity index (χ4v) is 4.78. The first-order valence-electron chi connectivity index (χ1n) is 11.7. The van der Waals surface area contributed by atoms with Crippen LogP contribution in [0.25, 0.3) is 11.1 Å². The first-order valence-corrected chi connectivity index (χ1v) is 11.7. The van der Waals surface area contributed by atoms with Crippen LogP contribution in [0.4, 0.5) is 4.79 Å². The largest absolute Gasteiger partial charge is 0.480 e. The topological polar surface area (TPSA) is 95.9 Å². The van der Waals surface area contributed by atoms with Crippen LogP contribution >= 0.6 is 0 Å². The third-order valence-electron chi connectivity index (χ3n) is 6.56. The average Bonchev–Trinajstić information content (AvgIpc) is 3.67. The Labute approximate surface area is 203 Å². The summed E-state index contributed by atoms with van der Waals surface area (Å²) in [5, 5.41) is 12.0. The van der Waals surface area contributed by atoms with Crippen molar-refractivity contribution in [3.05, 3.63) is 95.6 Å². The zero-order chi connectivity index (χ0) is 24.4. The molecule has 0 saturated heterocycles. The summed E-state index contributed by atoms with van der Waals surface area (Å²) in [6.07, 6.45) is 0.789. The second-order valence-electron chi connectivity index (χ2n) is 8.90. The van der Waals surface area contributed by atoms with Crippen LogP contribution in [0.15, 0.2) is 78.9 Å². The highest BCUT2D eigenvalue weighted by Gasteiger charge is 2.38. The molecule has 0 heterocycles. The van der Waals surface area contributed by atoms with E-state index in [1.165, 1.54) is 4.90 Å². The zero-order valence-electron chi connectivity index (χ0n) is 19.1. The number of aliphatic carboxylic acids is 1. The number of benzene rings is 3. The Kier molecular flexibility index (Phi) is 6.23. The van der Waals surface area contributed by atoms with E-state index < -0.39 is 30.6 Å². The van der Waals surface area contributed by atoms with Crippen molar-refractivity contribution in [2.24, 2.45) is 0 Å². The van der Waals surface area contributed by atoms with Crippen LogP contribution in [0.3, 0.4) is 0 Å². The smallest absolute Gasteiger partial charge is 0.408 e. The van der Waals surface area contributed by atoms with Crippen molar-refractivity contribution in [2.75, 3.05) is 13.2 Å². The molecule has 0 radical (unpaired) electrons. The Morgan fingerprint density at radius 1 is 0.886 bits per heavy atom. The van der Waals surface area contributed by atoms with Gasteiger partial charge < -0.3 is 20.1 Å². The molecule has 2 aliphatic rings. The summed E-state index contributed by atoms with van der Waals surface area (Å²) in [6.45, 7) is -0.282. The van der Waals surface area contributed by atoms with Crippen molar-refractivity contribution < 1.29 is 24.2 Å². The zero-order valence-corrected chi connectivity index (χ0v) is 19.1. The molecule has 5 rings (SSSR count). The Morgan fingerprint density at radius 3 is 2.03 bits per heavy atom. The molecule has 2 N–H and O–H groups in total. The number of nitrogens with zero attached hydrogens (tertiary/aromatic N) is 1. The molecule has 35 heavy (non-hydrogen) atoms. The predicted molar refractivity (Wildman–Crippen MR) is 130 cm³/mol. The summed E-state index contributed by atoms with van der Waals surface area (Å²) in [7, 11) is 0. The van der Waals surface area contributed by atoms with Crippen molar-refractivity contribution in [3.63, 3.8) is 0 Å². The number of amides is 2. The molecule has 3 aromatic carbocycles. The van der Waals surface area contributed by atoms with E-state index in [4.69, 9.17) is 4.74 Å². The number of hydrogen-bond acceptors (Lipinski definition) is 4. The molecular formula is C28H26N2O5. The molecule has 7 heteroatoms. The molecule has 2 aliphatic carbocycles. The molecule has 0 bridgehead atoms. The van der Waals surface area contributed by atoms with Gasteiger partial charge in [0.1, 0.15) is 19.2 Å². The highest BCUT2D eigenvalue weighted by Crippen LogP contribution is 2.44. The van der Waals surface area contributed by atoms with Crippen LogP contribution < -0.4 is 5.32 Å². The van der Waals surface area contributed by atoms with Crippen LogP contribution in [-0.2, 0) is 14.3 Å². The third-order valence-corrected chi connectivity index (χ3v) is 6.56. The number of ether oxygens (including phenoxy) is 1. The van der Waals surface area contributed by atoms with E-state index in [-0.39, 0.29) is 18.6 Å². The van der Waals surface area contributed by atoms with E-state index in [0.29, 0.717) is 5.56 Å². The Balaban J connectivity index is 1.33. The lowest BCUT2D eigenvalue weighted by atomic mass is 9.98. The maximum Gasteiger partial charge on any atom is 0.408 e. The quantitative estimate of drug-likeness (QED) is 0.511. The van der Waals surface area contributed by atoms with Crippen LogP contribution in [-0.4, -0.2) is 47.2 Å². The molecule has 7 nitrogen and oxygen atoms in total. The Morgan fingerprint density at radius 2 is 1.46 bits per heavy atom. The summed E-state index contributed by atoms with van der Waals surface area (Å²) < 4.78 is 5.64. The van der Waals surface area contributed by atoms with Crippen molar-refractivity contribution in [1.82, 2.24) is 10.2 Å². The number of carboxylic acid groups (broad SMARTS) is 1. The first kappa shape index (κ1) is 22.7. The lowest BCUT2D eigenvalue weighted by Gasteiger charge is -2.27. The van der Waals surface area contributed by atoms with E-state index in [1.807, 2.05) is 42.5 Å². The molecule has 0 spiro atoms. The first-order chi connectivity index (χ1) is 17.0. The molecule has 3 aromatic rings. The molecule has 0 aromatic heterocycles. The van der Waals surface area contributed by atoms with Crippen molar-refractivity contribution >= 4 is 18.0 Å². The minimum Gasteiger partial charge on any atom is -0.480 e. The maximum absolute atomic E-state index is 13.4. The van der Waals surface area contributed by atoms with Gasteiger partial charge in [0, 0.05) is 12.0 Å². The number of alkyl carbamates (subject to hydrolysis) is 1. The summed E-state index contributed by atoms with van der Waals surface area (Å²) in [5.74, 6) is -1.64. The summed E-state index contributed by atoms with van der Waals surface area (Å²) >= 11 is 0. The number of carbonyl (C=O) groups excluding carboxylic acids is 2. The van der Waals surface area contributed by atoms with E-state index >= 15 is 0 Å². The van der Waals surface area contributed by atoms with Crippen LogP contribution in [0.1, 0.15) is 41.5 Å². The highest BCUT2D eigenvalue weighted by atomic mass is 16.5. The molecular weight excluding hydrogens is 444 g/mol. The van der Waals surface area contributed by atoms with Crippen molar-refractivity contribution in [2.45, 2.75) is 30.8 Å². The number of carbonyl (C=O) groups is 3. The van der Waals surface area contributed by atoms with Crippen molar-refractivity contribution in [1.29, 1.82) is 0 Å². The van der Waals surface area contributed by atoms with Crippen LogP contribution in [0.2, 0.25) is 0 Å². The van der Waals surface area contributed by atoms with Gasteiger partial charge in [-0.2, -0.15) is 0 Å². The standard InChI is InChI=1S/C28H26N2O5/c31-25(32)16-30(19-14-15-19)27(33)26(18-8-2-1-3-9-18)29-28(34)35-17-24-22-12-6-4-10-20(22)21-11-5-7-13-23(21)24/h1-13,19,24,26H,14-17H2,(H,29,34)(H,31,32)/t26-/m0/s1. The van der Waals surface area contributed by atoms with Gasteiger partial charge in [-0.3, -0.25) is 9.59 Å². The van der Waals surface area contributed by atoms with E-state index in [2.05, 4.69) is 17.4 Å². The monoisotopic (exact) mass is 470 g/mol. The van der Waals surface area contributed by atoms with Crippen LogP contribution in [0, 0.1) is 0 Å². The fraction of sp³-hybridized carbons (Fsp3) is 0.250. The van der Waals surface area contributed by atoms with Crippen molar-refractivity contribution in [3.8, 4) is 11.1 Å². The molecule has 178 valence electrons. The third kappa shape index (κ3) is 4.75. The molecule has 2 amide bonds. The van der Waals surface area contributed by atoms with E-state index in [0.717, 1.165) is 35.1 Å². The van der Waals surface area contributed by atoms with E-state index in [1.54, 1.807) is 24.3 Å². The molecule has 1 fully saturated rings. The maximum atomic E-state index is 13.4. The normalized spacial score (nSPS) is 15.0. The number of hydrogen-bond donors (Lipinski definition) is 2. The van der Waals surface area contributed by atoms with Gasteiger partial charge in [0.15, 0.2) is 0 Å². The van der Waals surface area contributed by atoms with Gasteiger partial charge >= 0.3 is 12.1 Å². The number of fused-ring (bicyclic) bond motifs is 3.